The van der Waals surface area contributed by atoms with Gasteiger partial charge in [0.1, 0.15) is 5.76 Å². The molecule has 0 unspecified atom stereocenters. The summed E-state index contributed by atoms with van der Waals surface area (Å²) in [5.74, 6) is 0.773. The van der Waals surface area contributed by atoms with Gasteiger partial charge in [-0.15, -0.1) is 0 Å². The molecule has 0 aliphatic rings. The minimum Gasteiger partial charge on any atom is -0.464 e. The zero-order valence-electron chi connectivity index (χ0n) is 8.26. The molecule has 0 aliphatic heterocycles. The van der Waals surface area contributed by atoms with E-state index < -0.39 is 0 Å². The molecule has 3 heteroatoms. The molecule has 2 aromatic rings. The summed E-state index contributed by atoms with van der Waals surface area (Å²) in [7, 11) is 0. The third-order valence-electron chi connectivity index (χ3n) is 2.34. The third-order valence-corrected chi connectivity index (χ3v) is 2.34. The van der Waals surface area contributed by atoms with Crippen LogP contribution in [0.25, 0.3) is 11.3 Å². The fraction of sp³-hybridized carbons (Fsp3) is 0.167. The van der Waals surface area contributed by atoms with Crippen molar-refractivity contribution in [3.8, 4) is 11.3 Å². The Morgan fingerprint density at radius 2 is 2.00 bits per heavy atom. The number of rotatable bonds is 3. The van der Waals surface area contributed by atoms with E-state index in [1.165, 1.54) is 0 Å². The Morgan fingerprint density at radius 1 is 1.20 bits per heavy atom. The van der Waals surface area contributed by atoms with E-state index in [1.807, 2.05) is 36.4 Å². The zero-order valence-corrected chi connectivity index (χ0v) is 8.26. The second-order valence-electron chi connectivity index (χ2n) is 3.35. The Balaban J connectivity index is 2.47. The minimum atomic E-state index is -0.369. The predicted octanol–water partition coefficient (Wildman–Crippen LogP) is 1.94. The normalized spacial score (nSPS) is 12.7. The van der Waals surface area contributed by atoms with Crippen LogP contribution in [0.5, 0.6) is 0 Å². The van der Waals surface area contributed by atoms with Crippen LogP contribution in [0, 0.1) is 0 Å². The number of aliphatic hydroxyl groups excluding tert-OH is 1. The number of hydrogen-bond acceptors (Lipinski definition) is 3. The van der Waals surface area contributed by atoms with Crippen molar-refractivity contribution in [2.75, 3.05) is 6.61 Å². The van der Waals surface area contributed by atoms with Crippen molar-refractivity contribution in [1.29, 1.82) is 0 Å². The number of aliphatic hydroxyl groups is 1. The van der Waals surface area contributed by atoms with E-state index in [1.54, 1.807) is 6.26 Å². The zero-order chi connectivity index (χ0) is 10.7. The highest BCUT2D eigenvalue weighted by Crippen LogP contribution is 2.27. The van der Waals surface area contributed by atoms with Crippen molar-refractivity contribution in [3.05, 3.63) is 48.2 Å². The lowest BCUT2D eigenvalue weighted by molar-refractivity contribution is 0.268. The van der Waals surface area contributed by atoms with Gasteiger partial charge < -0.3 is 15.3 Å². The molecular formula is C12H13NO2. The van der Waals surface area contributed by atoms with Crippen LogP contribution in [0.15, 0.2) is 47.1 Å². The third kappa shape index (κ3) is 1.93. The molecular weight excluding hydrogens is 190 g/mol. The highest BCUT2D eigenvalue weighted by Gasteiger charge is 2.12. The molecule has 1 atom stereocenters. The Morgan fingerprint density at radius 3 is 2.67 bits per heavy atom. The molecule has 0 spiro atoms. The van der Waals surface area contributed by atoms with Gasteiger partial charge in [0.2, 0.25) is 0 Å². The van der Waals surface area contributed by atoms with E-state index in [0.29, 0.717) is 0 Å². The van der Waals surface area contributed by atoms with Gasteiger partial charge in [-0.25, -0.2) is 0 Å². The van der Waals surface area contributed by atoms with Crippen LogP contribution in [0.2, 0.25) is 0 Å². The molecule has 1 heterocycles. The first-order chi connectivity index (χ1) is 7.33. The average Bonchev–Trinajstić information content (AvgIpc) is 2.81. The highest BCUT2D eigenvalue weighted by molar-refractivity contribution is 5.62. The van der Waals surface area contributed by atoms with Gasteiger partial charge in [-0.1, -0.05) is 24.3 Å². The maximum Gasteiger partial charge on any atom is 0.134 e. The molecule has 78 valence electrons. The minimum absolute atomic E-state index is 0.0717. The van der Waals surface area contributed by atoms with E-state index in [4.69, 9.17) is 15.3 Å². The SMILES string of the molecule is N[C@H](CO)c1ccccc1-c1ccco1. The van der Waals surface area contributed by atoms with Crippen molar-refractivity contribution in [3.63, 3.8) is 0 Å². The fourth-order valence-electron chi connectivity index (χ4n) is 1.57. The molecule has 0 radical (unpaired) electrons. The van der Waals surface area contributed by atoms with Gasteiger partial charge in [0.25, 0.3) is 0 Å². The summed E-state index contributed by atoms with van der Waals surface area (Å²) in [5.41, 5.74) is 7.64. The largest absolute Gasteiger partial charge is 0.464 e. The molecule has 0 saturated heterocycles. The molecule has 0 fully saturated rings. The summed E-state index contributed by atoms with van der Waals surface area (Å²) in [6.45, 7) is -0.0717. The van der Waals surface area contributed by atoms with Gasteiger partial charge in [-0.3, -0.25) is 0 Å². The molecule has 0 aliphatic carbocycles. The Labute approximate surface area is 88.1 Å². The molecule has 2 rings (SSSR count). The van der Waals surface area contributed by atoms with Gasteiger partial charge in [0.15, 0.2) is 0 Å². The van der Waals surface area contributed by atoms with Gasteiger partial charge in [-0.2, -0.15) is 0 Å². The summed E-state index contributed by atoms with van der Waals surface area (Å²) in [6, 6.07) is 11.0. The molecule has 1 aromatic carbocycles. The summed E-state index contributed by atoms with van der Waals surface area (Å²) in [5, 5.41) is 9.05. The lowest BCUT2D eigenvalue weighted by Gasteiger charge is -2.12. The first-order valence-electron chi connectivity index (χ1n) is 4.82. The maximum atomic E-state index is 9.05. The Hall–Kier alpha value is -1.58. The molecule has 15 heavy (non-hydrogen) atoms. The van der Waals surface area contributed by atoms with Gasteiger partial charge in [0.05, 0.1) is 18.9 Å². The van der Waals surface area contributed by atoms with Gasteiger partial charge >= 0.3 is 0 Å². The lowest BCUT2D eigenvalue weighted by atomic mass is 10.00. The van der Waals surface area contributed by atoms with Crippen LogP contribution >= 0.6 is 0 Å². The molecule has 0 amide bonds. The van der Waals surface area contributed by atoms with Crippen LogP contribution in [-0.4, -0.2) is 11.7 Å². The second-order valence-corrected chi connectivity index (χ2v) is 3.35. The van der Waals surface area contributed by atoms with Crippen molar-refractivity contribution in [1.82, 2.24) is 0 Å². The smallest absolute Gasteiger partial charge is 0.134 e. The number of benzene rings is 1. The maximum absolute atomic E-state index is 9.05. The molecule has 0 bridgehead atoms. The van der Waals surface area contributed by atoms with Gasteiger partial charge in [-0.05, 0) is 17.7 Å². The molecule has 3 nitrogen and oxygen atoms in total. The fourth-order valence-corrected chi connectivity index (χ4v) is 1.57. The van der Waals surface area contributed by atoms with E-state index >= 15 is 0 Å². The monoisotopic (exact) mass is 203 g/mol. The Kier molecular flexibility index (Phi) is 2.85. The van der Waals surface area contributed by atoms with E-state index in [0.717, 1.165) is 16.9 Å². The van der Waals surface area contributed by atoms with E-state index in [-0.39, 0.29) is 12.6 Å². The van der Waals surface area contributed by atoms with Crippen LogP contribution in [-0.2, 0) is 0 Å². The van der Waals surface area contributed by atoms with Crippen LogP contribution in [0.3, 0.4) is 0 Å². The van der Waals surface area contributed by atoms with Gasteiger partial charge in [0, 0.05) is 5.56 Å². The number of hydrogen-bond donors (Lipinski definition) is 2. The Bertz CT molecular complexity index is 423. The van der Waals surface area contributed by atoms with E-state index in [9.17, 15) is 0 Å². The standard InChI is InChI=1S/C12H13NO2/c13-11(8-14)9-4-1-2-5-10(9)12-6-3-7-15-12/h1-7,11,14H,8,13H2/t11-/m1/s1. The average molecular weight is 203 g/mol. The van der Waals surface area contributed by atoms with Crippen LogP contribution in [0.1, 0.15) is 11.6 Å². The van der Waals surface area contributed by atoms with E-state index in [2.05, 4.69) is 0 Å². The summed E-state index contributed by atoms with van der Waals surface area (Å²) >= 11 is 0. The van der Waals surface area contributed by atoms with Crippen LogP contribution in [0.4, 0.5) is 0 Å². The molecule has 3 N–H and O–H groups in total. The van der Waals surface area contributed by atoms with Crippen molar-refractivity contribution >= 4 is 0 Å². The quantitative estimate of drug-likeness (QED) is 0.801. The predicted molar refractivity (Wildman–Crippen MR) is 58.2 cm³/mol. The molecule has 1 aromatic heterocycles. The first-order valence-corrected chi connectivity index (χ1v) is 4.82. The lowest BCUT2D eigenvalue weighted by Crippen LogP contribution is -2.15. The number of furan rings is 1. The summed E-state index contributed by atoms with van der Waals surface area (Å²) in [4.78, 5) is 0. The second kappa shape index (κ2) is 4.29. The topological polar surface area (TPSA) is 59.4 Å². The summed E-state index contributed by atoms with van der Waals surface area (Å²) < 4.78 is 5.32. The van der Waals surface area contributed by atoms with Crippen molar-refractivity contribution in [2.24, 2.45) is 5.73 Å². The van der Waals surface area contributed by atoms with Crippen molar-refractivity contribution < 1.29 is 9.52 Å². The highest BCUT2D eigenvalue weighted by atomic mass is 16.3. The first kappa shape index (κ1) is 9.96. The van der Waals surface area contributed by atoms with Crippen molar-refractivity contribution in [2.45, 2.75) is 6.04 Å². The summed E-state index contributed by atoms with van der Waals surface area (Å²) in [6.07, 6.45) is 1.62. The van der Waals surface area contributed by atoms with Crippen LogP contribution < -0.4 is 5.73 Å². The number of nitrogens with two attached hydrogens (primary N) is 1. The molecule has 0 saturated carbocycles.